The monoisotopic (exact) mass is 309 g/mol. The van der Waals surface area contributed by atoms with E-state index >= 15 is 0 Å². The molecule has 0 aliphatic carbocycles. The minimum atomic E-state index is 0.585. The summed E-state index contributed by atoms with van der Waals surface area (Å²) in [4.78, 5) is 0. The molecule has 0 amide bonds. The van der Waals surface area contributed by atoms with Gasteiger partial charge in [-0.05, 0) is 40.5 Å². The molecule has 86 valence electrons. The standard InChI is InChI=1S/C12H9BrClN3/c1-7-9(5-15)8(3-4-11(7)14)12-10(13)6-16-17(12)2/h3-4,6H,1-2H3. The van der Waals surface area contributed by atoms with Crippen LogP contribution in [0.1, 0.15) is 11.1 Å². The Morgan fingerprint density at radius 3 is 2.71 bits per heavy atom. The van der Waals surface area contributed by atoms with Gasteiger partial charge in [-0.25, -0.2) is 0 Å². The van der Waals surface area contributed by atoms with Gasteiger partial charge in [0.15, 0.2) is 0 Å². The zero-order valence-electron chi connectivity index (χ0n) is 9.33. The third kappa shape index (κ3) is 1.97. The molecule has 3 nitrogen and oxygen atoms in total. The van der Waals surface area contributed by atoms with Gasteiger partial charge in [0.2, 0.25) is 0 Å². The van der Waals surface area contributed by atoms with Crippen LogP contribution in [0.5, 0.6) is 0 Å². The zero-order valence-corrected chi connectivity index (χ0v) is 11.7. The van der Waals surface area contributed by atoms with Gasteiger partial charge in [0.05, 0.1) is 21.9 Å². The first-order valence-electron chi connectivity index (χ1n) is 4.93. The molecule has 1 aromatic carbocycles. The fourth-order valence-corrected chi connectivity index (χ4v) is 2.46. The molecular weight excluding hydrogens is 302 g/mol. The summed E-state index contributed by atoms with van der Waals surface area (Å²) in [7, 11) is 1.84. The van der Waals surface area contributed by atoms with E-state index in [-0.39, 0.29) is 0 Å². The van der Waals surface area contributed by atoms with Crippen molar-refractivity contribution in [2.45, 2.75) is 6.92 Å². The summed E-state index contributed by atoms with van der Waals surface area (Å²) in [6, 6.07) is 5.84. The quantitative estimate of drug-likeness (QED) is 0.806. The van der Waals surface area contributed by atoms with Crippen molar-refractivity contribution < 1.29 is 0 Å². The Labute approximate surface area is 113 Å². The van der Waals surface area contributed by atoms with Crippen molar-refractivity contribution in [2.75, 3.05) is 0 Å². The largest absolute Gasteiger partial charge is 0.267 e. The lowest BCUT2D eigenvalue weighted by Crippen LogP contribution is -1.97. The minimum absolute atomic E-state index is 0.585. The van der Waals surface area contributed by atoms with Crippen LogP contribution >= 0.6 is 27.5 Å². The van der Waals surface area contributed by atoms with E-state index in [0.717, 1.165) is 21.3 Å². The second-order valence-corrected chi connectivity index (χ2v) is 4.93. The Hall–Kier alpha value is -1.31. The average Bonchev–Trinajstić information content (AvgIpc) is 2.63. The summed E-state index contributed by atoms with van der Waals surface area (Å²) in [5.74, 6) is 0. The first kappa shape index (κ1) is 12.2. The van der Waals surface area contributed by atoms with Crippen molar-refractivity contribution in [1.29, 1.82) is 5.26 Å². The number of nitriles is 1. The van der Waals surface area contributed by atoms with Gasteiger partial charge in [-0.3, -0.25) is 4.68 Å². The first-order valence-corrected chi connectivity index (χ1v) is 6.10. The second kappa shape index (κ2) is 4.52. The molecule has 0 saturated heterocycles. The van der Waals surface area contributed by atoms with Crippen molar-refractivity contribution in [2.24, 2.45) is 7.05 Å². The third-order valence-electron chi connectivity index (χ3n) is 2.66. The Balaban J connectivity index is 2.78. The van der Waals surface area contributed by atoms with Crippen LogP contribution in [0.25, 0.3) is 11.3 Å². The molecule has 17 heavy (non-hydrogen) atoms. The van der Waals surface area contributed by atoms with Gasteiger partial charge in [0.25, 0.3) is 0 Å². The van der Waals surface area contributed by atoms with E-state index in [9.17, 15) is 5.26 Å². The lowest BCUT2D eigenvalue weighted by molar-refractivity contribution is 0.775. The van der Waals surface area contributed by atoms with Crippen molar-refractivity contribution in [3.05, 3.63) is 39.0 Å². The lowest BCUT2D eigenvalue weighted by atomic mass is 10.0. The average molecular weight is 311 g/mol. The molecule has 1 heterocycles. The topological polar surface area (TPSA) is 41.6 Å². The van der Waals surface area contributed by atoms with Gasteiger partial charge in [-0.1, -0.05) is 11.6 Å². The molecule has 2 rings (SSSR count). The minimum Gasteiger partial charge on any atom is -0.267 e. The predicted molar refractivity (Wildman–Crippen MR) is 70.8 cm³/mol. The molecule has 0 unspecified atom stereocenters. The number of aryl methyl sites for hydroxylation is 1. The van der Waals surface area contributed by atoms with E-state index in [0.29, 0.717) is 10.6 Å². The highest BCUT2D eigenvalue weighted by Crippen LogP contribution is 2.33. The fourth-order valence-electron chi connectivity index (χ4n) is 1.74. The van der Waals surface area contributed by atoms with Crippen molar-refractivity contribution in [3.8, 4) is 17.3 Å². The normalized spacial score (nSPS) is 10.3. The predicted octanol–water partition coefficient (Wildman–Crippen LogP) is 3.68. The SMILES string of the molecule is Cc1c(Cl)ccc(-c2c(Br)cnn2C)c1C#N. The van der Waals surface area contributed by atoms with E-state index in [1.165, 1.54) is 0 Å². The van der Waals surface area contributed by atoms with Crippen LogP contribution in [0, 0.1) is 18.3 Å². The number of halogens is 2. The summed E-state index contributed by atoms with van der Waals surface area (Å²) in [5, 5.41) is 14.0. The Kier molecular flexibility index (Phi) is 3.23. The number of hydrogen-bond donors (Lipinski definition) is 0. The van der Waals surface area contributed by atoms with Crippen LogP contribution in [0.2, 0.25) is 5.02 Å². The Bertz CT molecular complexity index is 606. The van der Waals surface area contributed by atoms with Gasteiger partial charge in [0, 0.05) is 17.6 Å². The molecule has 0 bridgehead atoms. The van der Waals surface area contributed by atoms with Crippen molar-refractivity contribution >= 4 is 27.5 Å². The molecule has 5 heteroatoms. The maximum absolute atomic E-state index is 9.25. The number of nitrogens with zero attached hydrogens (tertiary/aromatic N) is 3. The molecular formula is C12H9BrClN3. The van der Waals surface area contributed by atoms with Gasteiger partial charge in [-0.15, -0.1) is 0 Å². The summed E-state index contributed by atoms with van der Waals surface area (Å²) >= 11 is 9.45. The van der Waals surface area contributed by atoms with E-state index in [1.807, 2.05) is 20.0 Å². The third-order valence-corrected chi connectivity index (χ3v) is 3.65. The lowest BCUT2D eigenvalue weighted by Gasteiger charge is -2.09. The molecule has 0 atom stereocenters. The summed E-state index contributed by atoms with van der Waals surface area (Å²) in [6.07, 6.45) is 1.71. The number of rotatable bonds is 1. The van der Waals surface area contributed by atoms with Crippen LogP contribution in [-0.4, -0.2) is 9.78 Å². The molecule has 0 radical (unpaired) electrons. The van der Waals surface area contributed by atoms with Gasteiger partial charge in [0.1, 0.15) is 6.07 Å². The summed E-state index contributed by atoms with van der Waals surface area (Å²) < 4.78 is 2.59. The highest BCUT2D eigenvalue weighted by Gasteiger charge is 2.15. The molecule has 1 aromatic heterocycles. The highest BCUT2D eigenvalue weighted by molar-refractivity contribution is 9.10. The molecule has 0 N–H and O–H groups in total. The maximum Gasteiger partial charge on any atom is 0.100 e. The van der Waals surface area contributed by atoms with E-state index in [4.69, 9.17) is 11.6 Å². The molecule has 0 fully saturated rings. The van der Waals surface area contributed by atoms with Crippen LogP contribution in [0.15, 0.2) is 22.8 Å². The number of benzene rings is 1. The fraction of sp³-hybridized carbons (Fsp3) is 0.167. The molecule has 0 aliphatic heterocycles. The highest BCUT2D eigenvalue weighted by atomic mass is 79.9. The molecule has 2 aromatic rings. The van der Waals surface area contributed by atoms with Crippen LogP contribution in [0.3, 0.4) is 0 Å². The Morgan fingerprint density at radius 1 is 1.47 bits per heavy atom. The van der Waals surface area contributed by atoms with Crippen LogP contribution < -0.4 is 0 Å². The number of aromatic nitrogens is 2. The smallest absolute Gasteiger partial charge is 0.100 e. The van der Waals surface area contributed by atoms with Crippen molar-refractivity contribution in [3.63, 3.8) is 0 Å². The van der Waals surface area contributed by atoms with E-state index in [2.05, 4.69) is 27.1 Å². The van der Waals surface area contributed by atoms with Gasteiger partial charge >= 0.3 is 0 Å². The van der Waals surface area contributed by atoms with E-state index in [1.54, 1.807) is 16.9 Å². The van der Waals surface area contributed by atoms with Crippen LogP contribution in [0.4, 0.5) is 0 Å². The van der Waals surface area contributed by atoms with Gasteiger partial charge in [-0.2, -0.15) is 10.4 Å². The maximum atomic E-state index is 9.25. The molecule has 0 spiro atoms. The second-order valence-electron chi connectivity index (χ2n) is 3.67. The Morgan fingerprint density at radius 2 is 2.18 bits per heavy atom. The summed E-state index contributed by atoms with van der Waals surface area (Å²) in [5.41, 5.74) is 3.09. The van der Waals surface area contributed by atoms with E-state index < -0.39 is 0 Å². The van der Waals surface area contributed by atoms with Crippen molar-refractivity contribution in [1.82, 2.24) is 9.78 Å². The van der Waals surface area contributed by atoms with Gasteiger partial charge < -0.3 is 0 Å². The van der Waals surface area contributed by atoms with Crippen LogP contribution in [-0.2, 0) is 7.05 Å². The molecule has 0 aliphatic rings. The first-order chi connectivity index (χ1) is 8.06. The molecule has 0 saturated carbocycles. The summed E-state index contributed by atoms with van der Waals surface area (Å²) in [6.45, 7) is 1.84. The number of hydrogen-bond acceptors (Lipinski definition) is 2. The zero-order chi connectivity index (χ0) is 12.6.